The molecule has 0 aromatic carbocycles. The summed E-state index contributed by atoms with van der Waals surface area (Å²) in [6.07, 6.45) is 3.36. The number of carbonyl (C=O) groups excluding carboxylic acids is 1. The molecule has 0 radical (unpaired) electrons. The summed E-state index contributed by atoms with van der Waals surface area (Å²) in [6.45, 7) is 3.11. The lowest BCUT2D eigenvalue weighted by Gasteiger charge is -2.27. The zero-order valence-corrected chi connectivity index (χ0v) is 10.7. The van der Waals surface area contributed by atoms with E-state index in [1.165, 1.54) is 6.42 Å². The Balaban J connectivity index is 2.00. The normalized spacial score (nSPS) is 36.1. The van der Waals surface area contributed by atoms with Crippen molar-refractivity contribution in [3.63, 3.8) is 0 Å². The molecule has 3 unspecified atom stereocenters. The minimum absolute atomic E-state index is 0.223. The second kappa shape index (κ2) is 4.96. The zero-order valence-electron chi connectivity index (χ0n) is 9.12. The Morgan fingerprint density at radius 1 is 1.53 bits per heavy atom. The summed E-state index contributed by atoms with van der Waals surface area (Å²) in [4.78, 5) is 14.2. The van der Waals surface area contributed by atoms with Gasteiger partial charge in [0.25, 0.3) is 0 Å². The van der Waals surface area contributed by atoms with E-state index in [1.54, 1.807) is 0 Å². The number of hydrogen-bond acceptors (Lipinski definition) is 2. The van der Waals surface area contributed by atoms with Crippen molar-refractivity contribution < 1.29 is 4.79 Å². The van der Waals surface area contributed by atoms with Gasteiger partial charge in [0.1, 0.15) is 0 Å². The summed E-state index contributed by atoms with van der Waals surface area (Å²) in [6, 6.07) is 0.278. The third kappa shape index (κ3) is 2.28. The molecule has 2 aliphatic rings. The molecule has 0 aliphatic carbocycles. The summed E-state index contributed by atoms with van der Waals surface area (Å²) < 4.78 is 0. The lowest BCUT2D eigenvalue weighted by Crippen LogP contribution is -2.42. The fourth-order valence-corrected chi connectivity index (χ4v) is 4.17. The van der Waals surface area contributed by atoms with Crippen molar-refractivity contribution in [1.82, 2.24) is 4.90 Å². The molecule has 2 aliphatic heterocycles. The van der Waals surface area contributed by atoms with E-state index < -0.39 is 0 Å². The maximum absolute atomic E-state index is 12.2. The topological polar surface area (TPSA) is 20.3 Å². The quantitative estimate of drug-likeness (QED) is 0.699. The molecule has 0 spiro atoms. The highest BCUT2D eigenvalue weighted by molar-refractivity contribution is 8.00. The molecule has 0 aromatic rings. The second-order valence-corrected chi connectivity index (χ2v) is 6.14. The zero-order chi connectivity index (χ0) is 10.8. The summed E-state index contributed by atoms with van der Waals surface area (Å²) in [5.41, 5.74) is 0. The Morgan fingerprint density at radius 2 is 2.33 bits per heavy atom. The van der Waals surface area contributed by atoms with E-state index in [0.29, 0.717) is 17.7 Å². The van der Waals surface area contributed by atoms with Crippen molar-refractivity contribution in [1.29, 1.82) is 0 Å². The van der Waals surface area contributed by atoms with Gasteiger partial charge in [0.15, 0.2) is 0 Å². The highest BCUT2D eigenvalue weighted by Gasteiger charge is 2.37. The van der Waals surface area contributed by atoms with Gasteiger partial charge in [0.05, 0.1) is 5.25 Å². The standard InChI is InChI=1S/C11H18ClNOS/c1-8-4-5-13(9(8)7-12)11(14)10-3-2-6-15-10/h8-10H,2-7H2,1H3. The van der Waals surface area contributed by atoms with Crippen LogP contribution in [0.1, 0.15) is 26.2 Å². The van der Waals surface area contributed by atoms with Gasteiger partial charge in [-0.15, -0.1) is 23.4 Å². The molecule has 3 atom stereocenters. The number of nitrogens with zero attached hydrogens (tertiary/aromatic N) is 1. The molecule has 2 fully saturated rings. The number of carbonyl (C=O) groups is 1. The van der Waals surface area contributed by atoms with E-state index in [2.05, 4.69) is 6.92 Å². The van der Waals surface area contributed by atoms with E-state index in [-0.39, 0.29) is 11.3 Å². The molecule has 2 saturated heterocycles. The number of amides is 1. The minimum Gasteiger partial charge on any atom is -0.337 e. The highest BCUT2D eigenvalue weighted by Crippen LogP contribution is 2.32. The van der Waals surface area contributed by atoms with Crippen LogP contribution in [0.2, 0.25) is 0 Å². The van der Waals surface area contributed by atoms with Gasteiger partial charge < -0.3 is 4.90 Å². The first-order chi connectivity index (χ1) is 7.24. The summed E-state index contributed by atoms with van der Waals surface area (Å²) in [5.74, 6) is 2.64. The van der Waals surface area contributed by atoms with Crippen LogP contribution in [0.5, 0.6) is 0 Å². The molecule has 1 amide bonds. The first-order valence-corrected chi connectivity index (χ1v) is 7.30. The molecular weight excluding hydrogens is 230 g/mol. The highest BCUT2D eigenvalue weighted by atomic mass is 35.5. The van der Waals surface area contributed by atoms with Crippen LogP contribution in [-0.2, 0) is 4.79 Å². The van der Waals surface area contributed by atoms with E-state index in [9.17, 15) is 4.79 Å². The van der Waals surface area contributed by atoms with Crippen molar-refractivity contribution in [2.75, 3.05) is 18.2 Å². The third-order valence-electron chi connectivity index (χ3n) is 3.53. The number of rotatable bonds is 2. The van der Waals surface area contributed by atoms with Crippen LogP contribution in [0.25, 0.3) is 0 Å². The Bertz CT molecular complexity index is 243. The monoisotopic (exact) mass is 247 g/mol. The first kappa shape index (κ1) is 11.6. The van der Waals surface area contributed by atoms with Gasteiger partial charge in [-0.25, -0.2) is 0 Å². The van der Waals surface area contributed by atoms with E-state index >= 15 is 0 Å². The Morgan fingerprint density at radius 3 is 2.93 bits per heavy atom. The van der Waals surface area contributed by atoms with Crippen molar-refractivity contribution in [3.05, 3.63) is 0 Å². The van der Waals surface area contributed by atoms with Gasteiger partial charge in [-0.1, -0.05) is 6.92 Å². The molecule has 2 nitrogen and oxygen atoms in total. The van der Waals surface area contributed by atoms with Gasteiger partial charge in [0.2, 0.25) is 5.91 Å². The van der Waals surface area contributed by atoms with Crippen LogP contribution in [0.15, 0.2) is 0 Å². The predicted octanol–water partition coefficient (Wildman–Crippen LogP) is 2.36. The molecule has 0 saturated carbocycles. The Labute approximate surface area is 101 Å². The van der Waals surface area contributed by atoms with Gasteiger partial charge in [-0.3, -0.25) is 4.79 Å². The number of alkyl halides is 1. The SMILES string of the molecule is CC1CCN(C(=O)C2CCCS2)C1CCl. The van der Waals surface area contributed by atoms with Crippen LogP contribution < -0.4 is 0 Å². The van der Waals surface area contributed by atoms with E-state index in [0.717, 1.165) is 25.1 Å². The largest absolute Gasteiger partial charge is 0.337 e. The van der Waals surface area contributed by atoms with Crippen molar-refractivity contribution in [2.45, 2.75) is 37.5 Å². The third-order valence-corrected chi connectivity index (χ3v) is 5.21. The van der Waals surface area contributed by atoms with E-state index in [4.69, 9.17) is 11.6 Å². The molecule has 15 heavy (non-hydrogen) atoms. The van der Waals surface area contributed by atoms with Crippen molar-refractivity contribution in [2.24, 2.45) is 5.92 Å². The molecule has 4 heteroatoms. The summed E-state index contributed by atoms with van der Waals surface area (Å²) in [7, 11) is 0. The Hall–Kier alpha value is 0.110. The van der Waals surface area contributed by atoms with Crippen LogP contribution in [0.3, 0.4) is 0 Å². The molecule has 0 N–H and O–H groups in total. The minimum atomic E-state index is 0.223. The number of hydrogen-bond donors (Lipinski definition) is 0. The van der Waals surface area contributed by atoms with Crippen LogP contribution in [0, 0.1) is 5.92 Å². The fraction of sp³-hybridized carbons (Fsp3) is 0.909. The van der Waals surface area contributed by atoms with Crippen molar-refractivity contribution in [3.8, 4) is 0 Å². The molecule has 86 valence electrons. The molecule has 2 rings (SSSR count). The van der Waals surface area contributed by atoms with E-state index in [1.807, 2.05) is 16.7 Å². The summed E-state index contributed by atoms with van der Waals surface area (Å²) in [5, 5.41) is 0.223. The number of thioether (sulfide) groups is 1. The first-order valence-electron chi connectivity index (χ1n) is 5.72. The molecular formula is C11H18ClNOS. The summed E-state index contributed by atoms with van der Waals surface area (Å²) >= 11 is 7.76. The maximum Gasteiger partial charge on any atom is 0.235 e. The smallest absolute Gasteiger partial charge is 0.235 e. The average molecular weight is 248 g/mol. The predicted molar refractivity (Wildman–Crippen MR) is 65.5 cm³/mol. The van der Waals surface area contributed by atoms with Crippen LogP contribution >= 0.6 is 23.4 Å². The van der Waals surface area contributed by atoms with Gasteiger partial charge in [-0.2, -0.15) is 0 Å². The molecule has 0 bridgehead atoms. The van der Waals surface area contributed by atoms with Gasteiger partial charge in [-0.05, 0) is 30.9 Å². The van der Waals surface area contributed by atoms with Gasteiger partial charge >= 0.3 is 0 Å². The second-order valence-electron chi connectivity index (χ2n) is 4.52. The lowest BCUT2D eigenvalue weighted by atomic mass is 10.0. The Kier molecular flexibility index (Phi) is 3.83. The lowest BCUT2D eigenvalue weighted by molar-refractivity contribution is -0.131. The van der Waals surface area contributed by atoms with Gasteiger partial charge in [0, 0.05) is 18.5 Å². The number of likely N-dealkylation sites (tertiary alicyclic amines) is 1. The van der Waals surface area contributed by atoms with Crippen LogP contribution in [0.4, 0.5) is 0 Å². The number of halogens is 1. The van der Waals surface area contributed by atoms with Crippen molar-refractivity contribution >= 4 is 29.3 Å². The van der Waals surface area contributed by atoms with Crippen LogP contribution in [-0.4, -0.2) is 40.3 Å². The molecule has 0 aromatic heterocycles. The fourth-order valence-electron chi connectivity index (χ4n) is 2.47. The molecule has 2 heterocycles. The maximum atomic E-state index is 12.2. The average Bonchev–Trinajstić information content (AvgIpc) is 2.85.